The predicted molar refractivity (Wildman–Crippen MR) is 169 cm³/mol. The zero-order valence-electron chi connectivity index (χ0n) is 23.8. The van der Waals surface area contributed by atoms with Gasteiger partial charge in [-0.1, -0.05) is 30.3 Å². The molecule has 0 atom stereocenters. The first-order chi connectivity index (χ1) is 21.2. The second-order valence-corrected chi connectivity index (χ2v) is 12.8. The molecule has 5 rings (SSSR count). The number of benzene rings is 3. The summed E-state index contributed by atoms with van der Waals surface area (Å²) in [5, 5.41) is 5.91. The molecule has 0 unspecified atom stereocenters. The van der Waals surface area contributed by atoms with Gasteiger partial charge in [0.25, 0.3) is 31.4 Å². The molecule has 0 bridgehead atoms. The summed E-state index contributed by atoms with van der Waals surface area (Å²) in [5.74, 6) is 0. The molecule has 12 nitrogen and oxygen atoms in total. The van der Waals surface area contributed by atoms with Crippen LogP contribution in [0.2, 0.25) is 0 Å². The van der Waals surface area contributed by atoms with E-state index in [0.717, 1.165) is 5.56 Å². The minimum atomic E-state index is -4.38. The van der Waals surface area contributed by atoms with Gasteiger partial charge in [0.05, 0.1) is 32.3 Å². The van der Waals surface area contributed by atoms with Crippen molar-refractivity contribution < 1.29 is 25.9 Å². The highest BCUT2D eigenvalue weighted by Gasteiger charge is 2.15. The van der Waals surface area contributed by atoms with E-state index < -0.39 is 31.4 Å². The van der Waals surface area contributed by atoms with Crippen molar-refractivity contribution in [1.82, 2.24) is 19.6 Å². The Labute approximate surface area is 257 Å². The third-order valence-electron chi connectivity index (χ3n) is 6.89. The summed E-state index contributed by atoms with van der Waals surface area (Å²) in [4.78, 5) is 26.0. The third-order valence-corrected chi connectivity index (χ3v) is 8.63. The SMILES string of the molecule is Cc1[nH]n(-c2ccc(S(=O)(=O)O)cc2)c(=O)c1C=C=C(C=Cc1c(C)[nH]n(-c2ccc(S(=O)(=O)O)cc2)c1=O)c1ccccc1. The number of hydrogen-bond acceptors (Lipinski definition) is 6. The van der Waals surface area contributed by atoms with Crippen LogP contribution in [-0.4, -0.2) is 45.5 Å². The summed E-state index contributed by atoms with van der Waals surface area (Å²) < 4.78 is 66.4. The van der Waals surface area contributed by atoms with E-state index in [0.29, 0.717) is 39.5 Å². The Morgan fingerprint density at radius 1 is 0.689 bits per heavy atom. The summed E-state index contributed by atoms with van der Waals surface area (Å²) >= 11 is 0. The molecule has 0 saturated carbocycles. The molecule has 0 radical (unpaired) electrons. The molecule has 0 aliphatic carbocycles. The van der Waals surface area contributed by atoms with Gasteiger partial charge in [0.1, 0.15) is 0 Å². The fourth-order valence-corrected chi connectivity index (χ4v) is 5.51. The molecule has 4 N–H and O–H groups in total. The summed E-state index contributed by atoms with van der Waals surface area (Å²) in [5.41, 5.74) is 6.06. The van der Waals surface area contributed by atoms with Crippen LogP contribution in [0.5, 0.6) is 0 Å². The van der Waals surface area contributed by atoms with E-state index in [1.807, 2.05) is 30.3 Å². The zero-order valence-corrected chi connectivity index (χ0v) is 25.4. The van der Waals surface area contributed by atoms with Crippen molar-refractivity contribution >= 4 is 38.0 Å². The van der Waals surface area contributed by atoms with Crippen molar-refractivity contribution in [2.45, 2.75) is 23.6 Å². The molecule has 2 aromatic heterocycles. The molecular weight excluding hydrogens is 620 g/mol. The Morgan fingerprint density at radius 2 is 1.13 bits per heavy atom. The first kappa shape index (κ1) is 31.2. The molecule has 3 aromatic carbocycles. The van der Waals surface area contributed by atoms with Gasteiger partial charge < -0.3 is 0 Å². The van der Waals surface area contributed by atoms with Gasteiger partial charge in [0.2, 0.25) is 0 Å². The van der Waals surface area contributed by atoms with Gasteiger partial charge in [-0.05, 0) is 86.2 Å². The van der Waals surface area contributed by atoms with Gasteiger partial charge in [0, 0.05) is 17.0 Å². The van der Waals surface area contributed by atoms with Crippen molar-refractivity contribution in [2.75, 3.05) is 0 Å². The number of aromatic amines is 2. The Hall–Kier alpha value is -5.24. The lowest BCUT2D eigenvalue weighted by Gasteiger charge is -2.02. The normalized spacial score (nSPS) is 11.9. The quantitative estimate of drug-likeness (QED) is 0.110. The molecule has 0 fully saturated rings. The van der Waals surface area contributed by atoms with E-state index in [4.69, 9.17) is 0 Å². The first-order valence-electron chi connectivity index (χ1n) is 13.2. The average molecular weight is 647 g/mol. The zero-order chi connectivity index (χ0) is 32.5. The minimum Gasteiger partial charge on any atom is -0.295 e. The topological polar surface area (TPSA) is 184 Å². The highest BCUT2D eigenvalue weighted by Crippen LogP contribution is 2.19. The maximum absolute atomic E-state index is 13.3. The number of aryl methyl sites for hydroxylation is 2. The Morgan fingerprint density at radius 3 is 1.60 bits per heavy atom. The van der Waals surface area contributed by atoms with Crippen LogP contribution in [0.3, 0.4) is 0 Å². The molecule has 0 saturated heterocycles. The van der Waals surface area contributed by atoms with Gasteiger partial charge in [-0.3, -0.25) is 28.9 Å². The second-order valence-electron chi connectivity index (χ2n) is 9.92. The lowest BCUT2D eigenvalue weighted by molar-refractivity contribution is 0.481. The van der Waals surface area contributed by atoms with E-state index in [-0.39, 0.29) is 9.79 Å². The molecule has 230 valence electrons. The smallest absolute Gasteiger partial charge is 0.294 e. The Kier molecular flexibility index (Phi) is 8.34. The van der Waals surface area contributed by atoms with E-state index >= 15 is 0 Å². The fraction of sp³-hybridized carbons (Fsp3) is 0.0645. The van der Waals surface area contributed by atoms with E-state index in [1.165, 1.54) is 64.0 Å². The molecule has 0 amide bonds. The first-order valence-corrected chi connectivity index (χ1v) is 16.1. The third kappa shape index (κ3) is 6.65. The molecule has 14 heteroatoms. The van der Waals surface area contributed by atoms with Crippen LogP contribution in [-0.2, 0) is 20.2 Å². The monoisotopic (exact) mass is 646 g/mol. The summed E-state index contributed by atoms with van der Waals surface area (Å²) in [7, 11) is -8.77. The van der Waals surface area contributed by atoms with Crippen molar-refractivity contribution in [2.24, 2.45) is 0 Å². The number of hydrogen-bond donors (Lipinski definition) is 4. The van der Waals surface area contributed by atoms with E-state index in [9.17, 15) is 35.5 Å². The van der Waals surface area contributed by atoms with Crippen LogP contribution >= 0.6 is 0 Å². The number of nitrogens with zero attached hydrogens (tertiary/aromatic N) is 2. The van der Waals surface area contributed by atoms with Crippen molar-refractivity contribution in [3.05, 3.63) is 139 Å². The molecular formula is C31H26N4O8S2. The Bertz CT molecular complexity index is 2340. The largest absolute Gasteiger partial charge is 0.295 e. The van der Waals surface area contributed by atoms with E-state index in [1.54, 1.807) is 26.0 Å². The maximum Gasteiger partial charge on any atom is 0.294 e. The fourth-order valence-electron chi connectivity index (χ4n) is 4.55. The lowest BCUT2D eigenvalue weighted by Crippen LogP contribution is -2.16. The summed E-state index contributed by atoms with van der Waals surface area (Å²) in [6.07, 6.45) is 4.81. The average Bonchev–Trinajstić information content (AvgIpc) is 3.45. The van der Waals surface area contributed by atoms with Crippen molar-refractivity contribution in [1.29, 1.82) is 0 Å². The standard InChI is InChI=1S/C31H26N4O8S2/c1-20-28(30(36)34(32-20)24-10-14-26(15-11-24)44(38,39)40)18-8-23(22-6-4-3-5-7-22)9-19-29-21(2)33-35(31(29)37)25-12-16-27(17-13-25)45(41,42)43/h3-8,10-19,32-33H,1-2H3,(H,38,39,40)(H,41,42,43). The van der Waals surface area contributed by atoms with Gasteiger partial charge in [-0.25, -0.2) is 9.36 Å². The number of rotatable bonds is 8. The highest BCUT2D eigenvalue weighted by atomic mass is 32.2. The van der Waals surface area contributed by atoms with Gasteiger partial charge in [-0.2, -0.15) is 16.8 Å². The predicted octanol–water partition coefficient (Wildman–Crippen LogP) is 4.16. The summed E-state index contributed by atoms with van der Waals surface area (Å²) in [6, 6.07) is 19.5. The molecule has 0 aliphatic rings. The second kappa shape index (κ2) is 12.0. The van der Waals surface area contributed by atoms with Gasteiger partial charge in [0.15, 0.2) is 0 Å². The summed E-state index contributed by atoms with van der Waals surface area (Å²) in [6.45, 7) is 3.41. The number of nitrogens with one attached hydrogen (secondary N) is 2. The molecule has 0 aliphatic heterocycles. The molecule has 2 heterocycles. The molecule has 0 spiro atoms. The molecule has 5 aromatic rings. The van der Waals surface area contributed by atoms with Crippen molar-refractivity contribution in [3.8, 4) is 11.4 Å². The van der Waals surface area contributed by atoms with Crippen LogP contribution < -0.4 is 11.1 Å². The minimum absolute atomic E-state index is 0.296. The highest BCUT2D eigenvalue weighted by molar-refractivity contribution is 7.86. The number of aromatic nitrogens is 4. The van der Waals surface area contributed by atoms with Crippen molar-refractivity contribution in [3.63, 3.8) is 0 Å². The van der Waals surface area contributed by atoms with Crippen LogP contribution in [0.1, 0.15) is 28.1 Å². The van der Waals surface area contributed by atoms with Crippen LogP contribution in [0, 0.1) is 13.8 Å². The van der Waals surface area contributed by atoms with Crippen LogP contribution in [0.25, 0.3) is 29.1 Å². The number of allylic oxidation sites excluding steroid dienone is 2. The van der Waals surface area contributed by atoms with E-state index in [2.05, 4.69) is 15.9 Å². The lowest BCUT2D eigenvalue weighted by atomic mass is 10.0. The van der Waals surface area contributed by atoms with Gasteiger partial charge >= 0.3 is 0 Å². The van der Waals surface area contributed by atoms with Gasteiger partial charge in [-0.15, -0.1) is 5.73 Å². The number of H-pyrrole nitrogens is 2. The van der Waals surface area contributed by atoms with Crippen LogP contribution in [0.15, 0.2) is 110 Å². The molecule has 45 heavy (non-hydrogen) atoms. The maximum atomic E-state index is 13.3. The van der Waals surface area contributed by atoms with Crippen LogP contribution in [0.4, 0.5) is 0 Å². The Balaban J connectivity index is 1.53.